The van der Waals surface area contributed by atoms with Crippen LogP contribution in [0.1, 0.15) is 27.5 Å². The van der Waals surface area contributed by atoms with Gasteiger partial charge in [0.25, 0.3) is 11.6 Å². The molecule has 1 aliphatic heterocycles. The van der Waals surface area contributed by atoms with Crippen LogP contribution in [0.4, 0.5) is 5.69 Å². The van der Waals surface area contributed by atoms with Crippen LogP contribution in [0.25, 0.3) is 5.69 Å². The highest BCUT2D eigenvalue weighted by molar-refractivity contribution is 5.95. The van der Waals surface area contributed by atoms with Crippen LogP contribution in [-0.4, -0.2) is 58.1 Å². The summed E-state index contributed by atoms with van der Waals surface area (Å²) in [7, 11) is 0. The number of morpholine rings is 1. The zero-order chi connectivity index (χ0) is 22.5. The number of aromatic nitrogens is 2. The molecular weight excluding hydrogens is 410 g/mol. The smallest absolute Gasteiger partial charge is 0.294 e. The van der Waals surface area contributed by atoms with E-state index in [-0.39, 0.29) is 23.2 Å². The van der Waals surface area contributed by atoms with E-state index in [0.717, 1.165) is 24.2 Å². The van der Waals surface area contributed by atoms with Gasteiger partial charge in [-0.2, -0.15) is 0 Å². The highest BCUT2D eigenvalue weighted by atomic mass is 16.6. The number of carbonyl (C=O) groups excluding carboxylic acids is 1. The van der Waals surface area contributed by atoms with E-state index in [9.17, 15) is 14.9 Å². The van der Waals surface area contributed by atoms with E-state index in [1.54, 1.807) is 29.1 Å². The molecule has 166 valence electrons. The van der Waals surface area contributed by atoms with Gasteiger partial charge in [-0.05, 0) is 24.6 Å². The van der Waals surface area contributed by atoms with Gasteiger partial charge in [0.15, 0.2) is 0 Å². The molecule has 1 aliphatic rings. The van der Waals surface area contributed by atoms with Crippen molar-refractivity contribution in [2.24, 2.45) is 0 Å². The summed E-state index contributed by atoms with van der Waals surface area (Å²) in [5, 5.41) is 14.6. The zero-order valence-electron chi connectivity index (χ0n) is 17.8. The Hall–Kier alpha value is -3.56. The van der Waals surface area contributed by atoms with Gasteiger partial charge in [0.1, 0.15) is 5.69 Å². The molecular formula is C23H25N5O4. The minimum atomic E-state index is -0.491. The summed E-state index contributed by atoms with van der Waals surface area (Å²) in [6.07, 6.45) is 4.65. The molecule has 1 atom stereocenters. The number of rotatable bonds is 7. The molecule has 4 rings (SSSR count). The molecule has 9 nitrogen and oxygen atoms in total. The van der Waals surface area contributed by atoms with Crippen molar-refractivity contribution >= 4 is 11.6 Å². The lowest BCUT2D eigenvalue weighted by Gasteiger charge is -2.35. The third-order valence-electron chi connectivity index (χ3n) is 5.59. The first-order valence-electron chi connectivity index (χ1n) is 10.5. The van der Waals surface area contributed by atoms with Crippen LogP contribution in [-0.2, 0) is 4.74 Å². The topological polar surface area (TPSA) is 103 Å². The van der Waals surface area contributed by atoms with Gasteiger partial charge in [0, 0.05) is 43.7 Å². The highest BCUT2D eigenvalue weighted by Gasteiger charge is 2.24. The summed E-state index contributed by atoms with van der Waals surface area (Å²) in [4.78, 5) is 30.2. The van der Waals surface area contributed by atoms with E-state index in [1.165, 1.54) is 12.4 Å². The fourth-order valence-electron chi connectivity index (χ4n) is 3.95. The number of nitrogens with one attached hydrogen (secondary N) is 1. The van der Waals surface area contributed by atoms with Gasteiger partial charge in [-0.1, -0.05) is 29.8 Å². The summed E-state index contributed by atoms with van der Waals surface area (Å²) in [5.74, 6) is -0.351. The lowest BCUT2D eigenvalue weighted by molar-refractivity contribution is -0.384. The molecule has 0 radical (unpaired) electrons. The average molecular weight is 435 g/mol. The summed E-state index contributed by atoms with van der Waals surface area (Å²) in [5.41, 5.74) is 2.71. The van der Waals surface area contributed by atoms with Gasteiger partial charge in [0.2, 0.25) is 0 Å². The second kappa shape index (κ2) is 9.71. The van der Waals surface area contributed by atoms with Crippen molar-refractivity contribution in [1.29, 1.82) is 0 Å². The van der Waals surface area contributed by atoms with E-state index < -0.39 is 4.92 Å². The second-order valence-corrected chi connectivity index (χ2v) is 7.72. The molecule has 1 N–H and O–H groups in total. The number of nitro benzene ring substituents is 1. The van der Waals surface area contributed by atoms with Crippen LogP contribution < -0.4 is 5.32 Å². The van der Waals surface area contributed by atoms with Gasteiger partial charge < -0.3 is 14.6 Å². The van der Waals surface area contributed by atoms with E-state index >= 15 is 0 Å². The van der Waals surface area contributed by atoms with Crippen LogP contribution >= 0.6 is 0 Å². The summed E-state index contributed by atoms with van der Waals surface area (Å²) < 4.78 is 7.03. The predicted octanol–water partition coefficient (Wildman–Crippen LogP) is 2.89. The van der Waals surface area contributed by atoms with E-state index in [1.807, 2.05) is 19.1 Å². The molecule has 3 aromatic rings. The Morgan fingerprint density at radius 3 is 2.75 bits per heavy atom. The average Bonchev–Trinajstić information content (AvgIpc) is 3.34. The first kappa shape index (κ1) is 21.7. The Labute approximate surface area is 185 Å². The van der Waals surface area contributed by atoms with E-state index in [0.29, 0.717) is 25.4 Å². The maximum absolute atomic E-state index is 12.9. The lowest BCUT2D eigenvalue weighted by Crippen LogP contribution is -2.43. The number of benzene rings is 2. The Bertz CT molecular complexity index is 1090. The third kappa shape index (κ3) is 4.84. The summed E-state index contributed by atoms with van der Waals surface area (Å²) >= 11 is 0. The highest BCUT2D eigenvalue weighted by Crippen LogP contribution is 2.25. The zero-order valence-corrected chi connectivity index (χ0v) is 17.8. The van der Waals surface area contributed by atoms with Gasteiger partial charge in [0.05, 0.1) is 30.5 Å². The minimum Gasteiger partial charge on any atom is -0.379 e. The lowest BCUT2D eigenvalue weighted by atomic mass is 10.0. The Balaban J connectivity index is 1.54. The van der Waals surface area contributed by atoms with E-state index in [2.05, 4.69) is 27.3 Å². The predicted molar refractivity (Wildman–Crippen MR) is 119 cm³/mol. The number of aryl methyl sites for hydroxylation is 1. The van der Waals surface area contributed by atoms with Crippen molar-refractivity contribution in [2.45, 2.75) is 13.0 Å². The van der Waals surface area contributed by atoms with Crippen LogP contribution in [0.3, 0.4) is 0 Å². The number of imidazole rings is 1. The molecule has 1 unspecified atom stereocenters. The quantitative estimate of drug-likeness (QED) is 0.452. The van der Waals surface area contributed by atoms with Gasteiger partial charge in [-0.15, -0.1) is 0 Å². The van der Waals surface area contributed by atoms with Crippen molar-refractivity contribution in [1.82, 2.24) is 19.8 Å². The molecule has 1 fully saturated rings. The Morgan fingerprint density at radius 1 is 1.25 bits per heavy atom. The summed E-state index contributed by atoms with van der Waals surface area (Å²) in [6, 6.07) is 12.7. The number of carbonyl (C=O) groups is 1. The molecule has 9 heteroatoms. The van der Waals surface area contributed by atoms with Crippen molar-refractivity contribution in [2.75, 3.05) is 32.8 Å². The van der Waals surface area contributed by atoms with Crippen molar-refractivity contribution < 1.29 is 14.5 Å². The molecule has 1 saturated heterocycles. The molecule has 2 heterocycles. The number of hydrogen-bond donors (Lipinski definition) is 1. The molecule has 1 aromatic heterocycles. The molecule has 0 bridgehead atoms. The van der Waals surface area contributed by atoms with Crippen LogP contribution in [0.5, 0.6) is 0 Å². The first-order valence-corrected chi connectivity index (χ1v) is 10.5. The van der Waals surface area contributed by atoms with Crippen LogP contribution in [0.2, 0.25) is 0 Å². The second-order valence-electron chi connectivity index (χ2n) is 7.72. The standard InChI is InChI=1S/C23H25N5O4/c1-17-3-2-4-18(13-17)22(26-9-11-32-12-10-26)15-25-23(29)19-5-6-20(21(14-19)28(30)31)27-8-7-24-16-27/h2-8,13-14,16,22H,9-12,15H2,1H3,(H,25,29). The molecule has 2 aromatic carbocycles. The van der Waals surface area contributed by atoms with Crippen molar-refractivity contribution in [3.05, 3.63) is 88.0 Å². The maximum atomic E-state index is 12.9. The van der Waals surface area contributed by atoms with Gasteiger partial charge in [-0.25, -0.2) is 4.98 Å². The van der Waals surface area contributed by atoms with E-state index in [4.69, 9.17) is 4.74 Å². The van der Waals surface area contributed by atoms with Crippen molar-refractivity contribution in [3.8, 4) is 5.69 Å². The van der Waals surface area contributed by atoms with Crippen molar-refractivity contribution in [3.63, 3.8) is 0 Å². The fraction of sp³-hybridized carbons (Fsp3) is 0.304. The third-order valence-corrected chi connectivity index (χ3v) is 5.59. The number of hydrogen-bond acceptors (Lipinski definition) is 6. The number of amides is 1. The van der Waals surface area contributed by atoms with Gasteiger partial charge in [-0.3, -0.25) is 19.8 Å². The molecule has 0 aliphatic carbocycles. The number of nitro groups is 1. The molecule has 1 amide bonds. The summed E-state index contributed by atoms with van der Waals surface area (Å²) in [6.45, 7) is 5.29. The number of ether oxygens (including phenoxy) is 1. The van der Waals surface area contributed by atoms with Gasteiger partial charge >= 0.3 is 0 Å². The molecule has 32 heavy (non-hydrogen) atoms. The normalized spacial score (nSPS) is 15.3. The van der Waals surface area contributed by atoms with Crippen LogP contribution in [0.15, 0.2) is 61.2 Å². The maximum Gasteiger partial charge on any atom is 0.294 e. The SMILES string of the molecule is Cc1cccc(C(CNC(=O)c2ccc(-n3ccnc3)c([N+](=O)[O-])c2)N2CCOCC2)c1. The number of nitrogens with zero attached hydrogens (tertiary/aromatic N) is 4. The Kier molecular flexibility index (Phi) is 6.58. The van der Waals surface area contributed by atoms with Crippen LogP contribution in [0, 0.1) is 17.0 Å². The Morgan fingerprint density at radius 2 is 2.06 bits per heavy atom. The largest absolute Gasteiger partial charge is 0.379 e. The fourth-order valence-corrected chi connectivity index (χ4v) is 3.95. The molecule has 0 saturated carbocycles. The molecule has 0 spiro atoms. The minimum absolute atomic E-state index is 0.0112. The first-order chi connectivity index (χ1) is 15.5. The monoisotopic (exact) mass is 435 g/mol.